The van der Waals surface area contributed by atoms with E-state index in [1.54, 1.807) is 0 Å². The van der Waals surface area contributed by atoms with Crippen molar-refractivity contribution in [3.63, 3.8) is 0 Å². The van der Waals surface area contributed by atoms with Gasteiger partial charge in [-0.3, -0.25) is 4.79 Å². The molecule has 5 nitrogen and oxygen atoms in total. The minimum atomic E-state index is -0.973. The molecule has 0 saturated heterocycles. The Hall–Kier alpha value is -1.82. The Morgan fingerprint density at radius 3 is 2.57 bits per heavy atom. The Morgan fingerprint density at radius 2 is 2.05 bits per heavy atom. The molecular weight excluding hydrogens is 299 g/mol. The van der Waals surface area contributed by atoms with Gasteiger partial charge in [0.05, 0.1) is 11.4 Å². The van der Waals surface area contributed by atoms with Crippen molar-refractivity contribution in [1.82, 2.24) is 10.6 Å². The maximum absolute atomic E-state index is 13.0. The van der Waals surface area contributed by atoms with E-state index in [9.17, 15) is 14.0 Å². The number of amides is 2. The smallest absolute Gasteiger partial charge is 0.315 e. The zero-order valence-corrected chi connectivity index (χ0v) is 12.6. The number of carbonyl (C=O) groups excluding carboxylic acids is 1. The molecular formula is C14H18ClFN2O3. The fraction of sp³-hybridized carbons (Fsp3) is 0.429. The molecule has 1 aromatic rings. The molecule has 0 aliphatic carbocycles. The van der Waals surface area contributed by atoms with E-state index in [1.807, 2.05) is 13.8 Å². The molecule has 0 radical (unpaired) electrons. The van der Waals surface area contributed by atoms with Gasteiger partial charge in [-0.25, -0.2) is 9.18 Å². The molecule has 0 aromatic heterocycles. The van der Waals surface area contributed by atoms with Gasteiger partial charge in [-0.15, -0.1) is 0 Å². The first-order chi connectivity index (χ1) is 9.79. The molecule has 21 heavy (non-hydrogen) atoms. The largest absolute Gasteiger partial charge is 0.481 e. The molecule has 1 atom stereocenters. The second-order valence-electron chi connectivity index (χ2n) is 5.02. The van der Waals surface area contributed by atoms with Crippen LogP contribution >= 0.6 is 11.6 Å². The van der Waals surface area contributed by atoms with Crippen molar-refractivity contribution in [1.29, 1.82) is 0 Å². The van der Waals surface area contributed by atoms with Gasteiger partial charge in [-0.05, 0) is 23.6 Å². The Kier molecular flexibility index (Phi) is 6.42. The predicted molar refractivity (Wildman–Crippen MR) is 77.7 cm³/mol. The Balaban J connectivity index is 2.52. The Morgan fingerprint density at radius 1 is 1.38 bits per heavy atom. The van der Waals surface area contributed by atoms with Crippen LogP contribution in [0.1, 0.15) is 25.8 Å². The summed E-state index contributed by atoms with van der Waals surface area (Å²) < 4.78 is 13.0. The highest BCUT2D eigenvalue weighted by Crippen LogP contribution is 2.15. The number of benzene rings is 1. The molecule has 0 aliphatic heterocycles. The summed E-state index contributed by atoms with van der Waals surface area (Å²) in [7, 11) is 0. The minimum absolute atomic E-state index is 0.00730. The normalized spacial score (nSPS) is 12.0. The first-order valence-electron chi connectivity index (χ1n) is 6.49. The molecule has 2 amide bonds. The number of urea groups is 1. The first kappa shape index (κ1) is 17.2. The standard InChI is InChI=1S/C14H18ClFN2O3/c1-8(2)12(6-13(19)20)18-14(21)17-7-9-3-4-11(16)10(15)5-9/h3-5,8,12H,6-7H2,1-2H3,(H,19,20)(H2,17,18,21). The number of rotatable bonds is 6. The predicted octanol–water partition coefficient (Wildman–Crippen LogP) is 2.78. The number of carbonyl (C=O) groups is 2. The number of carboxylic acid groups (broad SMARTS) is 1. The first-order valence-corrected chi connectivity index (χ1v) is 6.87. The molecule has 0 spiro atoms. The lowest BCUT2D eigenvalue weighted by molar-refractivity contribution is -0.137. The van der Waals surface area contributed by atoms with Gasteiger partial charge in [-0.2, -0.15) is 0 Å². The van der Waals surface area contributed by atoms with Crippen LogP contribution in [-0.2, 0) is 11.3 Å². The van der Waals surface area contributed by atoms with E-state index in [1.165, 1.54) is 18.2 Å². The van der Waals surface area contributed by atoms with Gasteiger partial charge in [0.2, 0.25) is 0 Å². The summed E-state index contributed by atoms with van der Waals surface area (Å²) in [5.74, 6) is -1.50. The SMILES string of the molecule is CC(C)C(CC(=O)O)NC(=O)NCc1ccc(F)c(Cl)c1. The summed E-state index contributed by atoms with van der Waals surface area (Å²) in [4.78, 5) is 22.5. The van der Waals surface area contributed by atoms with Crippen LogP contribution in [0.25, 0.3) is 0 Å². The van der Waals surface area contributed by atoms with Crippen molar-refractivity contribution in [2.75, 3.05) is 0 Å². The monoisotopic (exact) mass is 316 g/mol. The van der Waals surface area contributed by atoms with Crippen molar-refractivity contribution in [3.05, 3.63) is 34.6 Å². The molecule has 0 bridgehead atoms. The summed E-state index contributed by atoms with van der Waals surface area (Å²) in [6.45, 7) is 3.82. The Labute approximate surface area is 127 Å². The molecule has 0 saturated carbocycles. The van der Waals surface area contributed by atoms with Crippen LogP contribution in [0.4, 0.5) is 9.18 Å². The van der Waals surface area contributed by atoms with Crippen molar-refractivity contribution in [2.45, 2.75) is 32.9 Å². The van der Waals surface area contributed by atoms with Gasteiger partial charge in [0, 0.05) is 12.6 Å². The summed E-state index contributed by atoms with van der Waals surface area (Å²) in [5.41, 5.74) is 0.649. The van der Waals surface area contributed by atoms with Gasteiger partial charge < -0.3 is 15.7 Å². The number of hydrogen-bond acceptors (Lipinski definition) is 2. The lowest BCUT2D eigenvalue weighted by Gasteiger charge is -2.20. The van der Waals surface area contributed by atoms with E-state index < -0.39 is 23.9 Å². The van der Waals surface area contributed by atoms with Crippen molar-refractivity contribution >= 4 is 23.6 Å². The number of halogens is 2. The maximum atomic E-state index is 13.0. The average Bonchev–Trinajstić information content (AvgIpc) is 2.38. The maximum Gasteiger partial charge on any atom is 0.315 e. The van der Waals surface area contributed by atoms with E-state index in [0.717, 1.165) is 0 Å². The lowest BCUT2D eigenvalue weighted by Crippen LogP contribution is -2.45. The van der Waals surface area contributed by atoms with E-state index in [0.29, 0.717) is 5.56 Å². The van der Waals surface area contributed by atoms with Crippen LogP contribution in [0.2, 0.25) is 5.02 Å². The summed E-state index contributed by atoms with van der Waals surface area (Å²) in [5, 5.41) is 14.0. The fourth-order valence-corrected chi connectivity index (χ4v) is 1.90. The van der Waals surface area contributed by atoms with Crippen LogP contribution in [0, 0.1) is 11.7 Å². The fourth-order valence-electron chi connectivity index (χ4n) is 1.69. The van der Waals surface area contributed by atoms with Crippen molar-refractivity contribution < 1.29 is 19.1 Å². The number of nitrogens with one attached hydrogen (secondary N) is 2. The van der Waals surface area contributed by atoms with Gasteiger partial charge in [-0.1, -0.05) is 31.5 Å². The Bertz CT molecular complexity index is 523. The molecule has 116 valence electrons. The van der Waals surface area contributed by atoms with Crippen LogP contribution < -0.4 is 10.6 Å². The topological polar surface area (TPSA) is 78.4 Å². The van der Waals surface area contributed by atoms with Crippen LogP contribution in [0.15, 0.2) is 18.2 Å². The zero-order valence-electron chi connectivity index (χ0n) is 11.8. The highest BCUT2D eigenvalue weighted by atomic mass is 35.5. The second kappa shape index (κ2) is 7.83. The molecule has 3 N–H and O–H groups in total. The molecule has 0 heterocycles. The molecule has 1 unspecified atom stereocenters. The van der Waals surface area contributed by atoms with Gasteiger partial charge >= 0.3 is 12.0 Å². The van der Waals surface area contributed by atoms with Gasteiger partial charge in [0.15, 0.2) is 0 Å². The van der Waals surface area contributed by atoms with E-state index in [-0.39, 0.29) is 23.9 Å². The summed E-state index contributed by atoms with van der Waals surface area (Å²) in [6.07, 6.45) is -0.145. The lowest BCUT2D eigenvalue weighted by atomic mass is 10.0. The van der Waals surface area contributed by atoms with Gasteiger partial charge in [0.25, 0.3) is 0 Å². The van der Waals surface area contributed by atoms with Crippen LogP contribution in [0.3, 0.4) is 0 Å². The molecule has 7 heteroatoms. The molecule has 0 aliphatic rings. The summed E-state index contributed by atoms with van der Waals surface area (Å²) >= 11 is 5.64. The quantitative estimate of drug-likeness (QED) is 0.755. The van der Waals surface area contributed by atoms with E-state index in [2.05, 4.69) is 10.6 Å². The van der Waals surface area contributed by atoms with Crippen LogP contribution in [-0.4, -0.2) is 23.1 Å². The highest BCUT2D eigenvalue weighted by molar-refractivity contribution is 6.30. The second-order valence-corrected chi connectivity index (χ2v) is 5.43. The number of carboxylic acids is 1. The third kappa shape index (κ3) is 5.99. The minimum Gasteiger partial charge on any atom is -0.481 e. The number of aliphatic carboxylic acids is 1. The van der Waals surface area contributed by atoms with Gasteiger partial charge in [0.1, 0.15) is 5.82 Å². The molecule has 1 rings (SSSR count). The third-order valence-electron chi connectivity index (χ3n) is 2.95. The van der Waals surface area contributed by atoms with Crippen molar-refractivity contribution in [3.8, 4) is 0 Å². The highest BCUT2D eigenvalue weighted by Gasteiger charge is 2.19. The number of hydrogen-bond donors (Lipinski definition) is 3. The zero-order chi connectivity index (χ0) is 16.0. The average molecular weight is 317 g/mol. The van der Waals surface area contributed by atoms with E-state index >= 15 is 0 Å². The molecule has 0 fully saturated rings. The third-order valence-corrected chi connectivity index (χ3v) is 3.24. The van der Waals surface area contributed by atoms with Crippen molar-refractivity contribution in [2.24, 2.45) is 5.92 Å². The molecule has 1 aromatic carbocycles. The summed E-state index contributed by atoms with van der Waals surface area (Å²) in [6, 6.07) is 3.22. The van der Waals surface area contributed by atoms with Crippen LogP contribution in [0.5, 0.6) is 0 Å². The van der Waals surface area contributed by atoms with E-state index in [4.69, 9.17) is 16.7 Å².